The van der Waals surface area contributed by atoms with Crippen molar-refractivity contribution in [1.82, 2.24) is 9.97 Å². The van der Waals surface area contributed by atoms with Crippen LogP contribution in [0.3, 0.4) is 0 Å². The van der Waals surface area contributed by atoms with Crippen LogP contribution in [0, 0.1) is 0 Å². The number of aliphatic hydroxyl groups is 1. The number of rotatable bonds is 3. The zero-order valence-electron chi connectivity index (χ0n) is 11.7. The molecule has 1 aliphatic heterocycles. The van der Waals surface area contributed by atoms with Crippen LogP contribution in [0.5, 0.6) is 0 Å². The van der Waals surface area contributed by atoms with E-state index >= 15 is 0 Å². The molecule has 106 valence electrons. The molecule has 19 heavy (non-hydrogen) atoms. The lowest BCUT2D eigenvalue weighted by molar-refractivity contribution is 0.0481. The van der Waals surface area contributed by atoms with E-state index in [-0.39, 0.29) is 0 Å². The third-order valence-electron chi connectivity index (χ3n) is 3.73. The maximum Gasteiger partial charge on any atom is 0.137 e. The van der Waals surface area contributed by atoms with Crippen LogP contribution in [0.25, 0.3) is 0 Å². The maximum atomic E-state index is 10.2. The maximum absolute atomic E-state index is 10.2. The Hall–Kier alpha value is -0.870. The second-order valence-electron chi connectivity index (χ2n) is 5.55. The highest BCUT2D eigenvalue weighted by molar-refractivity contribution is 6.30. The zero-order valence-corrected chi connectivity index (χ0v) is 12.4. The molecule has 1 aliphatic rings. The zero-order chi connectivity index (χ0) is 13.9. The first-order valence-corrected chi connectivity index (χ1v) is 7.38. The molecule has 0 aliphatic carbocycles. The summed E-state index contributed by atoms with van der Waals surface area (Å²) in [5, 5.41) is 10.7. The highest BCUT2D eigenvalue weighted by Gasteiger charge is 2.26. The van der Waals surface area contributed by atoms with Crippen molar-refractivity contribution in [3.63, 3.8) is 0 Å². The molecule has 0 amide bonds. The van der Waals surface area contributed by atoms with E-state index in [0.717, 1.165) is 56.6 Å². The van der Waals surface area contributed by atoms with Crippen molar-refractivity contribution in [3.8, 4) is 0 Å². The number of nitrogens with zero attached hydrogens (tertiary/aromatic N) is 3. The SMILES string of the molecule is CCCc1c(Cl)ncnc1N1CCCC(C)(O)CC1. The summed E-state index contributed by atoms with van der Waals surface area (Å²) in [4.78, 5) is 10.7. The smallest absolute Gasteiger partial charge is 0.137 e. The summed E-state index contributed by atoms with van der Waals surface area (Å²) in [6.45, 7) is 5.77. The summed E-state index contributed by atoms with van der Waals surface area (Å²) in [5.41, 5.74) is 0.476. The van der Waals surface area contributed by atoms with E-state index in [2.05, 4.69) is 21.8 Å². The molecule has 0 bridgehead atoms. The number of aromatic nitrogens is 2. The molecule has 1 aromatic rings. The number of anilines is 1. The molecule has 0 aromatic carbocycles. The molecule has 0 spiro atoms. The highest BCUT2D eigenvalue weighted by atomic mass is 35.5. The molecular formula is C14H22ClN3O. The fourth-order valence-corrected chi connectivity index (χ4v) is 2.82. The fourth-order valence-electron chi connectivity index (χ4n) is 2.59. The summed E-state index contributed by atoms with van der Waals surface area (Å²) in [5.74, 6) is 0.944. The van der Waals surface area contributed by atoms with Gasteiger partial charge in [-0.15, -0.1) is 0 Å². The summed E-state index contributed by atoms with van der Waals surface area (Å²) < 4.78 is 0. The van der Waals surface area contributed by atoms with Gasteiger partial charge in [-0.2, -0.15) is 0 Å². The van der Waals surface area contributed by atoms with Crippen LogP contribution in [0.2, 0.25) is 5.15 Å². The van der Waals surface area contributed by atoms with Crippen LogP contribution < -0.4 is 4.90 Å². The van der Waals surface area contributed by atoms with E-state index < -0.39 is 5.60 Å². The molecule has 1 saturated heterocycles. The van der Waals surface area contributed by atoms with Gasteiger partial charge >= 0.3 is 0 Å². The van der Waals surface area contributed by atoms with E-state index in [9.17, 15) is 5.11 Å². The first-order valence-electron chi connectivity index (χ1n) is 7.00. The van der Waals surface area contributed by atoms with Crippen molar-refractivity contribution in [2.24, 2.45) is 0 Å². The minimum atomic E-state index is -0.559. The largest absolute Gasteiger partial charge is 0.390 e. The molecule has 0 saturated carbocycles. The number of halogens is 1. The first kappa shape index (κ1) is 14.5. The molecule has 1 aromatic heterocycles. The third kappa shape index (κ3) is 3.57. The Kier molecular flexibility index (Phi) is 4.63. The predicted molar refractivity (Wildman–Crippen MR) is 77.7 cm³/mol. The van der Waals surface area contributed by atoms with Gasteiger partial charge in [-0.05, 0) is 32.6 Å². The van der Waals surface area contributed by atoms with Crippen LogP contribution in [0.15, 0.2) is 6.33 Å². The van der Waals surface area contributed by atoms with Crippen molar-refractivity contribution >= 4 is 17.4 Å². The second-order valence-corrected chi connectivity index (χ2v) is 5.91. The Morgan fingerprint density at radius 3 is 2.89 bits per heavy atom. The van der Waals surface area contributed by atoms with Crippen LogP contribution in [0.4, 0.5) is 5.82 Å². The van der Waals surface area contributed by atoms with Gasteiger partial charge in [0.25, 0.3) is 0 Å². The Bertz CT molecular complexity index is 437. The molecule has 0 radical (unpaired) electrons. The van der Waals surface area contributed by atoms with Gasteiger partial charge in [-0.1, -0.05) is 24.9 Å². The minimum Gasteiger partial charge on any atom is -0.390 e. The molecule has 2 rings (SSSR count). The lowest BCUT2D eigenvalue weighted by Crippen LogP contribution is -2.29. The predicted octanol–water partition coefficient (Wildman–Crippen LogP) is 2.82. The van der Waals surface area contributed by atoms with Gasteiger partial charge in [0.1, 0.15) is 17.3 Å². The molecule has 2 heterocycles. The summed E-state index contributed by atoms with van der Waals surface area (Å²) >= 11 is 6.20. The topological polar surface area (TPSA) is 49.2 Å². The van der Waals surface area contributed by atoms with Crippen LogP contribution in [-0.2, 0) is 6.42 Å². The van der Waals surface area contributed by atoms with E-state index in [1.807, 2.05) is 6.92 Å². The van der Waals surface area contributed by atoms with Crippen molar-refractivity contribution in [1.29, 1.82) is 0 Å². The van der Waals surface area contributed by atoms with Crippen molar-refractivity contribution in [2.45, 2.75) is 51.6 Å². The van der Waals surface area contributed by atoms with Gasteiger partial charge in [0, 0.05) is 18.7 Å². The van der Waals surface area contributed by atoms with E-state index in [1.165, 1.54) is 6.33 Å². The summed E-state index contributed by atoms with van der Waals surface area (Å²) in [7, 11) is 0. The molecule has 1 atom stereocenters. The standard InChI is InChI=1S/C14H22ClN3O/c1-3-5-11-12(15)16-10-17-13(11)18-8-4-6-14(2,19)7-9-18/h10,19H,3-9H2,1-2H3. The van der Waals surface area contributed by atoms with Crippen LogP contribution in [0.1, 0.15) is 45.1 Å². The second kappa shape index (κ2) is 6.06. The third-order valence-corrected chi connectivity index (χ3v) is 4.06. The van der Waals surface area contributed by atoms with Crippen molar-refractivity contribution in [2.75, 3.05) is 18.0 Å². The van der Waals surface area contributed by atoms with Gasteiger partial charge in [-0.3, -0.25) is 0 Å². The monoisotopic (exact) mass is 283 g/mol. The quantitative estimate of drug-likeness (QED) is 0.867. The lowest BCUT2D eigenvalue weighted by atomic mass is 9.98. The van der Waals surface area contributed by atoms with Crippen LogP contribution in [-0.4, -0.2) is 33.8 Å². The summed E-state index contributed by atoms with van der Waals surface area (Å²) in [6, 6.07) is 0. The number of hydrogen-bond acceptors (Lipinski definition) is 4. The highest BCUT2D eigenvalue weighted by Crippen LogP contribution is 2.29. The van der Waals surface area contributed by atoms with E-state index in [4.69, 9.17) is 11.6 Å². The summed E-state index contributed by atoms with van der Waals surface area (Å²) in [6.07, 6.45) is 6.01. The Labute approximate surface area is 119 Å². The normalized spacial score (nSPS) is 24.3. The number of hydrogen-bond donors (Lipinski definition) is 1. The molecule has 1 N–H and O–H groups in total. The Morgan fingerprint density at radius 1 is 1.37 bits per heavy atom. The fraction of sp³-hybridized carbons (Fsp3) is 0.714. The first-order chi connectivity index (χ1) is 9.03. The van der Waals surface area contributed by atoms with Crippen LogP contribution >= 0.6 is 11.6 Å². The van der Waals surface area contributed by atoms with Crippen molar-refractivity contribution in [3.05, 3.63) is 17.0 Å². The molecule has 1 fully saturated rings. The van der Waals surface area contributed by atoms with Gasteiger partial charge in [0.05, 0.1) is 5.60 Å². The minimum absolute atomic E-state index is 0.558. The molecule has 5 heteroatoms. The Balaban J connectivity index is 2.23. The van der Waals surface area contributed by atoms with Gasteiger partial charge in [-0.25, -0.2) is 9.97 Å². The molecule has 1 unspecified atom stereocenters. The molecular weight excluding hydrogens is 262 g/mol. The van der Waals surface area contributed by atoms with Gasteiger partial charge in [0.15, 0.2) is 0 Å². The Morgan fingerprint density at radius 2 is 2.16 bits per heavy atom. The average molecular weight is 284 g/mol. The van der Waals surface area contributed by atoms with E-state index in [0.29, 0.717) is 5.15 Å². The van der Waals surface area contributed by atoms with Gasteiger partial charge in [0.2, 0.25) is 0 Å². The average Bonchev–Trinajstić information content (AvgIpc) is 2.53. The van der Waals surface area contributed by atoms with E-state index in [1.54, 1.807) is 0 Å². The van der Waals surface area contributed by atoms with Crippen molar-refractivity contribution < 1.29 is 5.11 Å². The lowest BCUT2D eigenvalue weighted by Gasteiger charge is -2.25. The van der Waals surface area contributed by atoms with Gasteiger partial charge < -0.3 is 10.0 Å². The molecule has 4 nitrogen and oxygen atoms in total.